The first kappa shape index (κ1) is 35.6. The van der Waals surface area contributed by atoms with Gasteiger partial charge in [-0.15, -0.1) is 0 Å². The Balaban J connectivity index is 2.50. The zero-order valence-corrected chi connectivity index (χ0v) is 23.5. The number of benzene rings is 4. The van der Waals surface area contributed by atoms with Gasteiger partial charge in [-0.25, -0.2) is 70.2 Å². The molecule has 0 aliphatic rings. The molecule has 4 aromatic carbocycles. The Morgan fingerprint density at radius 2 is 0.681 bits per heavy atom. The van der Waals surface area contributed by atoms with E-state index in [1.807, 2.05) is 0 Å². The maximum absolute atomic E-state index is 15.9. The van der Waals surface area contributed by atoms with Gasteiger partial charge in [-0.1, -0.05) is 0 Å². The normalized spacial score (nSPS) is 13.4. The molecule has 0 bridgehead atoms. The van der Waals surface area contributed by atoms with Crippen LogP contribution in [0, 0.1) is 93.1 Å². The van der Waals surface area contributed by atoms with Crippen LogP contribution in [-0.4, -0.2) is 24.5 Å². The van der Waals surface area contributed by atoms with Crippen LogP contribution in [0.5, 0.6) is 0 Å². The molecule has 1 unspecified atom stereocenters. The van der Waals surface area contributed by atoms with Crippen LogP contribution in [0.1, 0.15) is 29.2 Å². The number of hydrogen-bond acceptors (Lipinski definition) is 1. The summed E-state index contributed by atoms with van der Waals surface area (Å²) in [5, 5.41) is 0. The molecule has 17 heteroatoms. The van der Waals surface area contributed by atoms with Crippen molar-refractivity contribution in [3.8, 4) is 0 Å². The maximum Gasteiger partial charge on any atom is 0.194 e. The highest BCUT2D eigenvalue weighted by Crippen LogP contribution is 2.56. The van der Waals surface area contributed by atoms with Gasteiger partial charge in [0.2, 0.25) is 0 Å². The SMILES string of the molecule is CN(C)C(C)(Cc1c(F)cc(F)c(F)c1F)C(c1c(F)cc(F)c(F)c1F)(c1c(F)cc(F)c(F)c1F)c1c(F)cc(F)c(F)c1F. The van der Waals surface area contributed by atoms with E-state index in [9.17, 15) is 35.1 Å². The molecule has 0 aliphatic carbocycles. The second kappa shape index (κ2) is 12.1. The minimum absolute atomic E-state index is 0.304. The Bertz CT molecular complexity index is 1790. The predicted octanol–water partition coefficient (Wildman–Crippen LogP) is 8.81. The van der Waals surface area contributed by atoms with E-state index in [4.69, 9.17) is 0 Å². The molecular weight excluding hydrogens is 678 g/mol. The van der Waals surface area contributed by atoms with Gasteiger partial charge in [0.1, 0.15) is 23.3 Å². The summed E-state index contributed by atoms with van der Waals surface area (Å²) in [6, 6.07) is -2.00. The third kappa shape index (κ3) is 5.09. The molecule has 4 aromatic rings. The van der Waals surface area contributed by atoms with Crippen LogP contribution in [0.15, 0.2) is 24.3 Å². The second-order valence-electron chi connectivity index (χ2n) is 10.6. The van der Waals surface area contributed by atoms with Crippen LogP contribution in [0.4, 0.5) is 70.2 Å². The quantitative estimate of drug-likeness (QED) is 0.0810. The first-order valence-corrected chi connectivity index (χ1v) is 12.7. The summed E-state index contributed by atoms with van der Waals surface area (Å²) < 4.78 is 241. The predicted molar refractivity (Wildman–Crippen MR) is 131 cm³/mol. The largest absolute Gasteiger partial charge is 0.302 e. The van der Waals surface area contributed by atoms with Crippen molar-refractivity contribution >= 4 is 0 Å². The first-order chi connectivity index (χ1) is 21.7. The lowest BCUT2D eigenvalue weighted by molar-refractivity contribution is 0.0924. The number of rotatable bonds is 7. The molecule has 1 atom stereocenters. The fourth-order valence-corrected chi connectivity index (χ4v) is 5.65. The molecule has 0 saturated heterocycles. The van der Waals surface area contributed by atoms with E-state index < -0.39 is 151 Å². The van der Waals surface area contributed by atoms with E-state index in [-0.39, 0.29) is 6.07 Å². The van der Waals surface area contributed by atoms with Crippen LogP contribution in [0.2, 0.25) is 0 Å². The highest BCUT2D eigenvalue weighted by molar-refractivity contribution is 5.58. The van der Waals surface area contributed by atoms with Crippen LogP contribution >= 0.6 is 0 Å². The Labute approximate surface area is 253 Å². The average Bonchev–Trinajstić information content (AvgIpc) is 2.98. The Morgan fingerprint density at radius 1 is 0.404 bits per heavy atom. The Hall–Kier alpha value is -4.28. The van der Waals surface area contributed by atoms with Gasteiger partial charge >= 0.3 is 0 Å². The lowest BCUT2D eigenvalue weighted by atomic mass is 9.55. The van der Waals surface area contributed by atoms with Gasteiger partial charge in [0.15, 0.2) is 69.8 Å². The van der Waals surface area contributed by atoms with E-state index >= 15 is 35.1 Å². The molecule has 0 aliphatic heterocycles. The second-order valence-corrected chi connectivity index (χ2v) is 10.6. The highest BCUT2D eigenvalue weighted by atomic mass is 19.2. The number of hydrogen-bond donors (Lipinski definition) is 0. The minimum Gasteiger partial charge on any atom is -0.302 e. The van der Waals surface area contributed by atoms with Crippen molar-refractivity contribution < 1.29 is 70.2 Å². The van der Waals surface area contributed by atoms with E-state index in [0.717, 1.165) is 0 Å². The van der Waals surface area contributed by atoms with Crippen molar-refractivity contribution in [1.29, 1.82) is 0 Å². The molecule has 252 valence electrons. The Morgan fingerprint density at radius 3 is 0.979 bits per heavy atom. The van der Waals surface area contributed by atoms with Gasteiger partial charge in [-0.05, 0) is 27.4 Å². The summed E-state index contributed by atoms with van der Waals surface area (Å²) in [4.78, 5) is 0.383. The minimum atomic E-state index is -4.52. The molecule has 0 heterocycles. The average molecular weight is 693 g/mol. The zero-order chi connectivity index (χ0) is 35.7. The number of likely N-dealkylation sites (N-methyl/N-ethyl adjacent to an activating group) is 1. The molecule has 47 heavy (non-hydrogen) atoms. The lowest BCUT2D eigenvalue weighted by Gasteiger charge is -2.53. The van der Waals surface area contributed by atoms with Gasteiger partial charge in [0.25, 0.3) is 0 Å². The summed E-state index contributed by atoms with van der Waals surface area (Å²) in [6.07, 6.45) is -1.89. The fraction of sp³-hybridized carbons (Fsp3) is 0.200. The smallest absolute Gasteiger partial charge is 0.194 e. The maximum atomic E-state index is 15.9. The van der Waals surface area contributed by atoms with E-state index in [0.29, 0.717) is 25.9 Å². The van der Waals surface area contributed by atoms with Gasteiger partial charge in [0.05, 0.1) is 5.41 Å². The van der Waals surface area contributed by atoms with Crippen molar-refractivity contribution in [1.82, 2.24) is 4.90 Å². The molecule has 0 fully saturated rings. The highest BCUT2D eigenvalue weighted by Gasteiger charge is 2.62. The topological polar surface area (TPSA) is 3.24 Å². The van der Waals surface area contributed by atoms with Gasteiger partial charge < -0.3 is 4.90 Å². The molecule has 0 saturated carbocycles. The summed E-state index contributed by atoms with van der Waals surface area (Å²) in [6.45, 7) is 0.383. The van der Waals surface area contributed by atoms with E-state index in [1.165, 1.54) is 0 Å². The molecule has 1 nitrogen and oxygen atoms in total. The molecule has 0 N–H and O–H groups in total. The van der Waals surface area contributed by atoms with Gasteiger partial charge in [-0.3, -0.25) is 0 Å². The van der Waals surface area contributed by atoms with Crippen LogP contribution in [-0.2, 0) is 11.8 Å². The van der Waals surface area contributed by atoms with E-state index in [1.54, 1.807) is 0 Å². The van der Waals surface area contributed by atoms with Crippen LogP contribution in [0.3, 0.4) is 0 Å². The van der Waals surface area contributed by atoms with Crippen LogP contribution in [0.25, 0.3) is 0 Å². The van der Waals surface area contributed by atoms with Crippen LogP contribution < -0.4 is 0 Å². The summed E-state index contributed by atoms with van der Waals surface area (Å²) in [5.74, 6) is -41.0. The molecule has 0 spiro atoms. The zero-order valence-electron chi connectivity index (χ0n) is 23.5. The fourth-order valence-electron chi connectivity index (χ4n) is 5.65. The van der Waals surface area contributed by atoms with Crippen molar-refractivity contribution in [3.05, 3.63) is 140 Å². The van der Waals surface area contributed by atoms with Gasteiger partial charge in [0, 0.05) is 52.1 Å². The molecule has 4 rings (SSSR count). The molecule has 0 radical (unpaired) electrons. The number of nitrogens with zero attached hydrogens (tertiary/aromatic N) is 1. The standard InChI is InChI=1S/C30H15F16N/c1-29(47(2)3,8-9-10(31)4-14(35)22(40)21(9)39)30(18-11(32)5-15(36)23(41)26(18)44,19-12(33)6-16(37)24(42)27(19)45)20-13(34)7-17(38)25(43)28(20)46/h4-7H,8H2,1-3H3. The monoisotopic (exact) mass is 693 g/mol. The first-order valence-electron chi connectivity index (χ1n) is 12.7. The van der Waals surface area contributed by atoms with Gasteiger partial charge in [-0.2, -0.15) is 0 Å². The molecule has 0 aromatic heterocycles. The van der Waals surface area contributed by atoms with Crippen molar-refractivity contribution in [2.45, 2.75) is 24.3 Å². The molecular formula is C30H15F16N. The van der Waals surface area contributed by atoms with Crippen molar-refractivity contribution in [2.75, 3.05) is 14.1 Å². The summed E-state index contributed by atoms with van der Waals surface area (Å²) in [5.41, 5.74) is -17.0. The van der Waals surface area contributed by atoms with Crippen molar-refractivity contribution in [2.24, 2.45) is 0 Å². The lowest BCUT2D eigenvalue weighted by Crippen LogP contribution is -2.63. The van der Waals surface area contributed by atoms with Crippen molar-refractivity contribution in [3.63, 3.8) is 0 Å². The summed E-state index contributed by atoms with van der Waals surface area (Å²) >= 11 is 0. The third-order valence-electron chi connectivity index (χ3n) is 7.99. The van der Waals surface area contributed by atoms with E-state index in [2.05, 4.69) is 0 Å². The molecule has 0 amide bonds. The number of halogens is 16. The third-order valence-corrected chi connectivity index (χ3v) is 7.99. The summed E-state index contributed by atoms with van der Waals surface area (Å²) in [7, 11) is 1.37. The Kier molecular flexibility index (Phi) is 9.13.